The summed E-state index contributed by atoms with van der Waals surface area (Å²) in [5, 5.41) is 24.2. The summed E-state index contributed by atoms with van der Waals surface area (Å²) in [6, 6.07) is 20.6. The Morgan fingerprint density at radius 3 is 2.51 bits per heavy atom. The van der Waals surface area contributed by atoms with Gasteiger partial charge in [-0.1, -0.05) is 54.6 Å². The molecule has 2 N–H and O–H groups in total. The number of rotatable bonds is 8. The monoisotopic (exact) mass is 466 g/mol. The number of amides is 1. The molecule has 0 radical (unpaired) electrons. The summed E-state index contributed by atoms with van der Waals surface area (Å²) in [4.78, 5) is 26.4. The van der Waals surface area contributed by atoms with E-state index in [-0.39, 0.29) is 24.5 Å². The van der Waals surface area contributed by atoms with Crippen LogP contribution in [0.3, 0.4) is 0 Å². The number of hydrogen-bond donors (Lipinski definition) is 2. The number of carbonyl (C=O) groups excluding carboxylic acids is 2. The number of nitriles is 2. The topological polar surface area (TPSA) is 115 Å². The molecular formula is C28H26N4O3. The van der Waals surface area contributed by atoms with E-state index >= 15 is 0 Å². The van der Waals surface area contributed by atoms with Gasteiger partial charge in [0.2, 0.25) is 5.91 Å². The summed E-state index contributed by atoms with van der Waals surface area (Å²) in [5.41, 5.74) is 3.86. The lowest BCUT2D eigenvalue weighted by Gasteiger charge is -2.31. The minimum atomic E-state index is -0.739. The van der Waals surface area contributed by atoms with Crippen molar-refractivity contribution in [1.29, 1.82) is 10.5 Å². The molecule has 176 valence electrons. The van der Waals surface area contributed by atoms with E-state index in [1.54, 1.807) is 38.1 Å². The van der Waals surface area contributed by atoms with Gasteiger partial charge in [-0.2, -0.15) is 10.5 Å². The Morgan fingerprint density at radius 2 is 1.80 bits per heavy atom. The van der Waals surface area contributed by atoms with E-state index in [9.17, 15) is 14.9 Å². The summed E-state index contributed by atoms with van der Waals surface area (Å²) >= 11 is 0. The van der Waals surface area contributed by atoms with Crippen LogP contribution < -0.4 is 10.6 Å². The summed E-state index contributed by atoms with van der Waals surface area (Å²) in [7, 11) is 0. The molecule has 1 amide bonds. The number of nitrogens with zero attached hydrogens (tertiary/aromatic N) is 2. The van der Waals surface area contributed by atoms with Gasteiger partial charge in [0.25, 0.3) is 0 Å². The number of dihydropyridines is 1. The highest BCUT2D eigenvalue weighted by atomic mass is 16.5. The highest BCUT2D eigenvalue weighted by Gasteiger charge is 2.37. The quantitative estimate of drug-likeness (QED) is 0.447. The second-order valence-corrected chi connectivity index (χ2v) is 7.94. The fourth-order valence-corrected chi connectivity index (χ4v) is 3.96. The summed E-state index contributed by atoms with van der Waals surface area (Å²) in [6.45, 7) is 3.76. The number of allylic oxidation sites excluding steroid dienone is 2. The average Bonchev–Trinajstić information content (AvgIpc) is 2.86. The van der Waals surface area contributed by atoms with Crippen molar-refractivity contribution in [2.75, 3.05) is 13.2 Å². The van der Waals surface area contributed by atoms with E-state index in [1.165, 1.54) is 0 Å². The largest absolute Gasteiger partial charge is 0.461 e. The standard InChI is InChI=1S/C28H26N4O3/c1-19-24(27(33)31-15-7-12-21-9-4-3-5-10-21)26(23-13-6-11-22(17-23)18-30)25(20(2)32-19)28(34)35-16-8-14-29/h3-7,9-13,17,26,32H,8,15-16H2,1-2H3,(H,31,33)/b12-7+. The summed E-state index contributed by atoms with van der Waals surface area (Å²) in [6.07, 6.45) is 3.83. The third-order valence-electron chi connectivity index (χ3n) is 5.51. The van der Waals surface area contributed by atoms with Crippen molar-refractivity contribution in [3.8, 4) is 12.1 Å². The van der Waals surface area contributed by atoms with Gasteiger partial charge in [-0.15, -0.1) is 0 Å². The zero-order chi connectivity index (χ0) is 25.2. The lowest BCUT2D eigenvalue weighted by molar-refractivity contribution is -0.139. The molecule has 1 aliphatic heterocycles. The van der Waals surface area contributed by atoms with Crippen LogP contribution in [0.15, 0.2) is 83.2 Å². The predicted octanol–water partition coefficient (Wildman–Crippen LogP) is 4.08. The number of hydrogen-bond acceptors (Lipinski definition) is 6. The second kappa shape index (κ2) is 12.0. The Morgan fingerprint density at radius 1 is 1.06 bits per heavy atom. The van der Waals surface area contributed by atoms with Crippen LogP contribution in [0.5, 0.6) is 0 Å². The molecule has 0 aromatic heterocycles. The van der Waals surface area contributed by atoms with E-state index in [1.807, 2.05) is 48.6 Å². The molecule has 1 atom stereocenters. The van der Waals surface area contributed by atoms with Crippen LogP contribution in [0.4, 0.5) is 0 Å². The molecule has 7 nitrogen and oxygen atoms in total. The van der Waals surface area contributed by atoms with Crippen LogP contribution in [0.25, 0.3) is 6.08 Å². The van der Waals surface area contributed by atoms with Gasteiger partial charge < -0.3 is 15.4 Å². The number of ether oxygens (including phenoxy) is 1. The molecule has 0 aliphatic carbocycles. The Labute approximate surface area is 205 Å². The third kappa shape index (κ3) is 6.25. The Bertz CT molecular complexity index is 1280. The molecule has 1 aliphatic rings. The van der Waals surface area contributed by atoms with E-state index in [0.29, 0.717) is 34.6 Å². The van der Waals surface area contributed by atoms with E-state index in [2.05, 4.69) is 16.7 Å². The molecular weight excluding hydrogens is 440 g/mol. The minimum Gasteiger partial charge on any atom is -0.461 e. The van der Waals surface area contributed by atoms with Crippen LogP contribution in [0.1, 0.15) is 42.9 Å². The predicted molar refractivity (Wildman–Crippen MR) is 132 cm³/mol. The van der Waals surface area contributed by atoms with E-state index < -0.39 is 11.9 Å². The molecule has 2 aromatic carbocycles. The first-order valence-corrected chi connectivity index (χ1v) is 11.2. The molecule has 2 aromatic rings. The molecule has 3 rings (SSSR count). The van der Waals surface area contributed by atoms with Crippen LogP contribution in [0, 0.1) is 22.7 Å². The van der Waals surface area contributed by atoms with Crippen molar-refractivity contribution < 1.29 is 14.3 Å². The molecule has 0 bridgehead atoms. The fraction of sp³-hybridized carbons (Fsp3) is 0.214. The lowest BCUT2D eigenvalue weighted by atomic mass is 9.79. The van der Waals surface area contributed by atoms with Crippen molar-refractivity contribution in [2.45, 2.75) is 26.2 Å². The normalized spacial score (nSPS) is 15.3. The lowest BCUT2D eigenvalue weighted by Crippen LogP contribution is -2.36. The van der Waals surface area contributed by atoms with Gasteiger partial charge in [0.15, 0.2) is 0 Å². The maximum absolute atomic E-state index is 13.4. The first kappa shape index (κ1) is 25.0. The van der Waals surface area contributed by atoms with Crippen LogP contribution >= 0.6 is 0 Å². The van der Waals surface area contributed by atoms with Gasteiger partial charge in [0.1, 0.15) is 6.61 Å². The van der Waals surface area contributed by atoms with Gasteiger partial charge in [-0.25, -0.2) is 4.79 Å². The summed E-state index contributed by atoms with van der Waals surface area (Å²) < 4.78 is 5.32. The van der Waals surface area contributed by atoms with Gasteiger partial charge in [-0.3, -0.25) is 4.79 Å². The molecule has 1 unspecified atom stereocenters. The maximum Gasteiger partial charge on any atom is 0.336 e. The van der Waals surface area contributed by atoms with Crippen molar-refractivity contribution in [3.05, 3.63) is 99.9 Å². The number of carbonyl (C=O) groups is 2. The Kier molecular flexibility index (Phi) is 8.59. The number of nitrogens with one attached hydrogen (secondary N) is 2. The van der Waals surface area contributed by atoms with Gasteiger partial charge in [-0.05, 0) is 37.1 Å². The first-order chi connectivity index (χ1) is 17.0. The molecule has 35 heavy (non-hydrogen) atoms. The third-order valence-corrected chi connectivity index (χ3v) is 5.51. The van der Waals surface area contributed by atoms with Crippen molar-refractivity contribution in [3.63, 3.8) is 0 Å². The highest BCUT2D eigenvalue weighted by molar-refractivity contribution is 6.02. The van der Waals surface area contributed by atoms with E-state index in [0.717, 1.165) is 5.56 Å². The molecule has 0 saturated heterocycles. The van der Waals surface area contributed by atoms with Crippen molar-refractivity contribution in [1.82, 2.24) is 10.6 Å². The molecule has 0 fully saturated rings. The molecule has 0 spiro atoms. The minimum absolute atomic E-state index is 0.0500. The van der Waals surface area contributed by atoms with Crippen LogP contribution in [0.2, 0.25) is 0 Å². The zero-order valence-electron chi connectivity index (χ0n) is 19.7. The Balaban J connectivity index is 1.92. The zero-order valence-corrected chi connectivity index (χ0v) is 19.7. The second-order valence-electron chi connectivity index (χ2n) is 7.94. The smallest absolute Gasteiger partial charge is 0.336 e. The highest BCUT2D eigenvalue weighted by Crippen LogP contribution is 2.39. The molecule has 1 heterocycles. The fourth-order valence-electron chi connectivity index (χ4n) is 3.96. The average molecular weight is 467 g/mol. The van der Waals surface area contributed by atoms with E-state index in [4.69, 9.17) is 10.00 Å². The van der Waals surface area contributed by atoms with Crippen LogP contribution in [-0.4, -0.2) is 25.0 Å². The van der Waals surface area contributed by atoms with Crippen LogP contribution in [-0.2, 0) is 14.3 Å². The van der Waals surface area contributed by atoms with Crippen molar-refractivity contribution >= 4 is 18.0 Å². The van der Waals surface area contributed by atoms with Crippen molar-refractivity contribution in [2.24, 2.45) is 0 Å². The Hall–Kier alpha value is -4.62. The SMILES string of the molecule is CC1=C(C(=O)NC/C=C/c2ccccc2)C(c2cccc(C#N)c2)C(C(=O)OCCC#N)=C(C)N1. The van der Waals surface area contributed by atoms with Gasteiger partial charge in [0, 0.05) is 23.5 Å². The molecule has 0 saturated carbocycles. The molecule has 7 heteroatoms. The van der Waals surface area contributed by atoms with Gasteiger partial charge in [0.05, 0.1) is 35.6 Å². The number of esters is 1. The number of benzene rings is 2. The first-order valence-electron chi connectivity index (χ1n) is 11.2. The maximum atomic E-state index is 13.4. The summed E-state index contributed by atoms with van der Waals surface area (Å²) in [5.74, 6) is -1.69. The van der Waals surface area contributed by atoms with Gasteiger partial charge >= 0.3 is 5.97 Å².